The molecule has 0 bridgehead atoms. The van der Waals surface area contributed by atoms with Gasteiger partial charge < -0.3 is 10.1 Å². The highest BCUT2D eigenvalue weighted by atomic mass is 32.2. The largest absolute Gasteiger partial charge is 0.481 e. The van der Waals surface area contributed by atoms with Crippen LogP contribution < -0.4 is 10.1 Å². The van der Waals surface area contributed by atoms with Crippen LogP contribution in [0.15, 0.2) is 54.6 Å². The summed E-state index contributed by atoms with van der Waals surface area (Å²) in [6.45, 7) is 3.68. The maximum atomic E-state index is 12.5. The van der Waals surface area contributed by atoms with Gasteiger partial charge in [0, 0.05) is 22.8 Å². The summed E-state index contributed by atoms with van der Waals surface area (Å²) in [5, 5.41) is 2.94. The number of carbonyl (C=O) groups excluding carboxylic acids is 1. The predicted molar refractivity (Wildman–Crippen MR) is 97.5 cm³/mol. The van der Waals surface area contributed by atoms with Crippen molar-refractivity contribution in [2.45, 2.75) is 26.0 Å². The van der Waals surface area contributed by atoms with E-state index in [0.717, 1.165) is 11.1 Å². The first-order valence-electron chi connectivity index (χ1n) is 7.84. The lowest BCUT2D eigenvalue weighted by Gasteiger charge is -2.21. The molecular formula is C19H23NO3S. The smallest absolute Gasteiger partial charge is 0.261 e. The summed E-state index contributed by atoms with van der Waals surface area (Å²) in [6, 6.07) is 16.8. The number of ether oxygens (including phenoxy) is 1. The summed E-state index contributed by atoms with van der Waals surface area (Å²) in [7, 11) is -1.02. The quantitative estimate of drug-likeness (QED) is 0.839. The molecule has 0 aliphatic heterocycles. The third-order valence-electron chi connectivity index (χ3n) is 3.59. The Morgan fingerprint density at radius 2 is 1.88 bits per heavy atom. The van der Waals surface area contributed by atoms with Gasteiger partial charge in [-0.1, -0.05) is 42.5 Å². The predicted octanol–water partition coefficient (Wildman–Crippen LogP) is 3.00. The summed E-state index contributed by atoms with van der Waals surface area (Å²) in [6.07, 6.45) is 0.998. The van der Waals surface area contributed by atoms with Gasteiger partial charge in [0.2, 0.25) is 0 Å². The second-order valence-corrected chi connectivity index (χ2v) is 7.27. The molecule has 0 spiro atoms. The number of aryl methyl sites for hydroxylation is 1. The number of hydrogen-bond acceptors (Lipinski definition) is 3. The van der Waals surface area contributed by atoms with Crippen molar-refractivity contribution in [3.8, 4) is 5.75 Å². The summed E-state index contributed by atoms with van der Waals surface area (Å²) in [5.74, 6) is 0.802. The average molecular weight is 345 g/mol. The zero-order chi connectivity index (χ0) is 17.5. The summed E-state index contributed by atoms with van der Waals surface area (Å²) in [4.78, 5) is 12.5. The van der Waals surface area contributed by atoms with Gasteiger partial charge in [-0.3, -0.25) is 9.00 Å². The minimum absolute atomic E-state index is 0.226. The van der Waals surface area contributed by atoms with Crippen molar-refractivity contribution < 1.29 is 13.7 Å². The Hall–Kier alpha value is -2.14. The number of rotatable bonds is 7. The number of carbonyl (C=O) groups is 1. The number of amides is 1. The molecule has 0 fully saturated rings. The van der Waals surface area contributed by atoms with Gasteiger partial charge in [-0.05, 0) is 37.1 Å². The molecule has 3 atom stereocenters. The van der Waals surface area contributed by atoms with Crippen LogP contribution in [0.3, 0.4) is 0 Å². The molecular weight excluding hydrogens is 322 g/mol. The van der Waals surface area contributed by atoms with E-state index in [1.54, 1.807) is 13.2 Å². The lowest BCUT2D eigenvalue weighted by molar-refractivity contribution is -0.127. The topological polar surface area (TPSA) is 55.4 Å². The van der Waals surface area contributed by atoms with Gasteiger partial charge in [0.15, 0.2) is 6.10 Å². The third kappa shape index (κ3) is 5.49. The van der Waals surface area contributed by atoms with E-state index in [1.165, 1.54) is 0 Å². The number of hydrogen-bond donors (Lipinski definition) is 1. The van der Waals surface area contributed by atoms with Crippen molar-refractivity contribution in [3.05, 3.63) is 65.7 Å². The molecule has 2 rings (SSSR count). The first kappa shape index (κ1) is 18.2. The van der Waals surface area contributed by atoms with Gasteiger partial charge in [-0.25, -0.2) is 0 Å². The van der Waals surface area contributed by atoms with E-state index >= 15 is 0 Å². The molecule has 0 aliphatic rings. The van der Waals surface area contributed by atoms with Gasteiger partial charge in [-0.2, -0.15) is 0 Å². The Bertz CT molecular complexity index is 703. The molecule has 5 heteroatoms. The van der Waals surface area contributed by atoms with Gasteiger partial charge in [-0.15, -0.1) is 0 Å². The van der Waals surface area contributed by atoms with Crippen LogP contribution in [0.4, 0.5) is 0 Å². The van der Waals surface area contributed by atoms with E-state index in [-0.39, 0.29) is 11.9 Å². The van der Waals surface area contributed by atoms with Crippen LogP contribution in [-0.4, -0.2) is 28.2 Å². The summed E-state index contributed by atoms with van der Waals surface area (Å²) in [5.41, 5.74) is 2.01. The number of benzene rings is 2. The Kier molecular flexibility index (Phi) is 6.55. The molecule has 24 heavy (non-hydrogen) atoms. The Morgan fingerprint density at radius 3 is 2.50 bits per heavy atom. The van der Waals surface area contributed by atoms with Crippen LogP contribution in [0.25, 0.3) is 0 Å². The lowest BCUT2D eigenvalue weighted by atomic mass is 10.1. The number of nitrogens with one attached hydrogen (secondary N) is 1. The highest BCUT2D eigenvalue weighted by Crippen LogP contribution is 2.16. The minimum atomic E-state index is -1.02. The van der Waals surface area contributed by atoms with Crippen molar-refractivity contribution >= 4 is 16.7 Å². The molecule has 4 nitrogen and oxygen atoms in total. The Balaban J connectivity index is 2.05. The molecule has 2 aromatic rings. The van der Waals surface area contributed by atoms with E-state index in [1.807, 2.05) is 61.5 Å². The maximum absolute atomic E-state index is 12.5. The standard InChI is InChI=1S/C19H23NO3S/c1-14-8-7-11-17(12-14)23-15(2)19(21)20-18(13-24(3)22)16-9-5-4-6-10-16/h4-12,15,18H,13H2,1-3H3,(H,20,21)/t15-,18+,24+/m1/s1. The maximum Gasteiger partial charge on any atom is 0.261 e. The Labute approximate surface area is 145 Å². The molecule has 0 unspecified atom stereocenters. The van der Waals surface area contributed by atoms with Gasteiger partial charge >= 0.3 is 0 Å². The second kappa shape index (κ2) is 8.64. The van der Waals surface area contributed by atoms with Crippen molar-refractivity contribution in [3.63, 3.8) is 0 Å². The van der Waals surface area contributed by atoms with Gasteiger partial charge in [0.05, 0.1) is 6.04 Å². The summed E-state index contributed by atoms with van der Waals surface area (Å²) < 4.78 is 17.3. The van der Waals surface area contributed by atoms with Crippen molar-refractivity contribution in [2.24, 2.45) is 0 Å². The van der Waals surface area contributed by atoms with E-state index in [4.69, 9.17) is 4.74 Å². The second-order valence-electron chi connectivity index (χ2n) is 5.79. The van der Waals surface area contributed by atoms with Crippen LogP contribution in [0, 0.1) is 6.92 Å². The zero-order valence-electron chi connectivity index (χ0n) is 14.2. The lowest BCUT2D eigenvalue weighted by Crippen LogP contribution is -2.40. The van der Waals surface area contributed by atoms with Crippen molar-refractivity contribution in [1.82, 2.24) is 5.32 Å². The molecule has 1 amide bonds. The SMILES string of the molecule is Cc1cccc(O[C@H](C)C(=O)N[C@@H](C[S@](C)=O)c2ccccc2)c1. The molecule has 0 heterocycles. The fraction of sp³-hybridized carbons (Fsp3) is 0.316. The van der Waals surface area contributed by atoms with E-state index in [9.17, 15) is 9.00 Å². The van der Waals surface area contributed by atoms with E-state index in [0.29, 0.717) is 11.5 Å². The third-order valence-corrected chi connectivity index (χ3v) is 4.39. The highest BCUT2D eigenvalue weighted by molar-refractivity contribution is 7.84. The first-order valence-corrected chi connectivity index (χ1v) is 9.57. The molecule has 2 aromatic carbocycles. The van der Waals surface area contributed by atoms with Crippen LogP contribution >= 0.6 is 0 Å². The Morgan fingerprint density at radius 1 is 1.17 bits per heavy atom. The molecule has 0 aliphatic carbocycles. The fourth-order valence-corrected chi connectivity index (χ4v) is 3.12. The van der Waals surface area contributed by atoms with Crippen LogP contribution in [0.5, 0.6) is 5.75 Å². The molecule has 0 radical (unpaired) electrons. The molecule has 128 valence electrons. The van der Waals surface area contributed by atoms with Crippen molar-refractivity contribution in [2.75, 3.05) is 12.0 Å². The normalized spacial score (nSPS) is 14.5. The molecule has 0 saturated heterocycles. The van der Waals surface area contributed by atoms with Crippen LogP contribution in [0.2, 0.25) is 0 Å². The van der Waals surface area contributed by atoms with Crippen LogP contribution in [0.1, 0.15) is 24.1 Å². The van der Waals surface area contributed by atoms with Crippen LogP contribution in [-0.2, 0) is 15.6 Å². The minimum Gasteiger partial charge on any atom is -0.481 e. The van der Waals surface area contributed by atoms with E-state index < -0.39 is 16.9 Å². The van der Waals surface area contributed by atoms with Gasteiger partial charge in [0.1, 0.15) is 5.75 Å². The summed E-state index contributed by atoms with van der Waals surface area (Å²) >= 11 is 0. The molecule has 0 saturated carbocycles. The average Bonchev–Trinajstić information content (AvgIpc) is 2.54. The highest BCUT2D eigenvalue weighted by Gasteiger charge is 2.21. The monoisotopic (exact) mass is 345 g/mol. The van der Waals surface area contributed by atoms with E-state index in [2.05, 4.69) is 5.32 Å². The van der Waals surface area contributed by atoms with Gasteiger partial charge in [0.25, 0.3) is 5.91 Å². The molecule has 1 N–H and O–H groups in total. The van der Waals surface area contributed by atoms with Crippen molar-refractivity contribution in [1.29, 1.82) is 0 Å². The zero-order valence-corrected chi connectivity index (χ0v) is 15.0. The molecule has 0 aromatic heterocycles. The fourth-order valence-electron chi connectivity index (χ4n) is 2.38. The first-order chi connectivity index (χ1) is 11.5.